The summed E-state index contributed by atoms with van der Waals surface area (Å²) in [6, 6.07) is 2.12. The van der Waals surface area contributed by atoms with E-state index in [9.17, 15) is 4.79 Å². The lowest BCUT2D eigenvalue weighted by molar-refractivity contribution is -0.132. The molecule has 1 amide bonds. The Morgan fingerprint density at radius 3 is 2.89 bits per heavy atom. The largest absolute Gasteiger partial charge is 0.364 e. The highest BCUT2D eigenvalue weighted by Gasteiger charge is 2.29. The van der Waals surface area contributed by atoms with Gasteiger partial charge in [0.2, 0.25) is 5.91 Å². The first kappa shape index (κ1) is 13.5. The fourth-order valence-electron chi connectivity index (χ4n) is 2.10. The molecule has 2 rings (SSSR count). The summed E-state index contributed by atoms with van der Waals surface area (Å²) >= 11 is 1.73. The van der Waals surface area contributed by atoms with Crippen LogP contribution in [-0.2, 0) is 16.1 Å². The number of aryl methyl sites for hydroxylation is 2. The molecule has 0 aromatic carbocycles. The van der Waals surface area contributed by atoms with E-state index >= 15 is 0 Å². The molecule has 4 nitrogen and oxygen atoms in total. The van der Waals surface area contributed by atoms with Gasteiger partial charge in [-0.3, -0.25) is 4.79 Å². The average Bonchev–Trinajstić information content (AvgIpc) is 2.94. The third-order valence-corrected chi connectivity index (χ3v) is 4.47. The van der Waals surface area contributed by atoms with Gasteiger partial charge in [0.1, 0.15) is 6.10 Å². The fraction of sp³-hybridized carbons (Fsp3) is 0.615. The van der Waals surface area contributed by atoms with Crippen molar-refractivity contribution in [3.63, 3.8) is 0 Å². The molecule has 5 heteroatoms. The minimum atomic E-state index is -0.319. The number of ether oxygens (including phenoxy) is 1. The number of carbonyl (C=O) groups excluding carboxylic acids is 1. The van der Waals surface area contributed by atoms with Crippen LogP contribution in [0.1, 0.15) is 28.2 Å². The first-order chi connectivity index (χ1) is 8.60. The van der Waals surface area contributed by atoms with Gasteiger partial charge >= 0.3 is 0 Å². The lowest BCUT2D eigenvalue weighted by Crippen LogP contribution is -2.34. The summed E-state index contributed by atoms with van der Waals surface area (Å²) in [5.41, 5.74) is 6.81. The Morgan fingerprint density at radius 2 is 2.33 bits per heavy atom. The Hall–Kier alpha value is -0.910. The Morgan fingerprint density at radius 1 is 1.56 bits per heavy atom. The van der Waals surface area contributed by atoms with Crippen molar-refractivity contribution in [1.82, 2.24) is 5.32 Å². The molecule has 1 aromatic rings. The van der Waals surface area contributed by atoms with Crippen LogP contribution in [0, 0.1) is 13.8 Å². The zero-order valence-corrected chi connectivity index (χ0v) is 11.7. The maximum absolute atomic E-state index is 11.9. The SMILES string of the molecule is Cc1cc(CNC(=O)C2CCC(CN)O2)sc1C. The molecule has 2 unspecified atom stereocenters. The molecule has 1 aliphatic heterocycles. The molecule has 100 valence electrons. The summed E-state index contributed by atoms with van der Waals surface area (Å²) in [6.45, 7) is 5.26. The molecule has 1 saturated heterocycles. The molecular formula is C13H20N2O2S. The van der Waals surface area contributed by atoms with Crippen molar-refractivity contribution in [3.05, 3.63) is 21.4 Å². The molecule has 0 radical (unpaired) electrons. The van der Waals surface area contributed by atoms with Crippen LogP contribution >= 0.6 is 11.3 Å². The first-order valence-electron chi connectivity index (χ1n) is 6.29. The second-order valence-corrected chi connectivity index (χ2v) is 6.07. The molecule has 0 saturated carbocycles. The maximum Gasteiger partial charge on any atom is 0.249 e. The summed E-state index contributed by atoms with van der Waals surface area (Å²) in [5.74, 6) is -0.0188. The zero-order chi connectivity index (χ0) is 13.1. The van der Waals surface area contributed by atoms with Crippen LogP contribution in [0.25, 0.3) is 0 Å². The number of amides is 1. The summed E-state index contributed by atoms with van der Waals surface area (Å²) in [5, 5.41) is 2.93. The number of hydrogen-bond acceptors (Lipinski definition) is 4. The normalized spacial score (nSPS) is 23.3. The minimum Gasteiger partial charge on any atom is -0.364 e. The molecule has 1 aliphatic rings. The van der Waals surface area contributed by atoms with Crippen molar-refractivity contribution in [1.29, 1.82) is 0 Å². The van der Waals surface area contributed by atoms with Crippen molar-refractivity contribution >= 4 is 17.2 Å². The lowest BCUT2D eigenvalue weighted by Gasteiger charge is -2.12. The highest BCUT2D eigenvalue weighted by atomic mass is 32.1. The van der Waals surface area contributed by atoms with Crippen molar-refractivity contribution in [2.75, 3.05) is 6.54 Å². The highest BCUT2D eigenvalue weighted by molar-refractivity contribution is 7.12. The van der Waals surface area contributed by atoms with E-state index in [0.717, 1.165) is 12.8 Å². The third-order valence-electron chi connectivity index (χ3n) is 3.32. The standard InChI is InChI=1S/C13H20N2O2S/c1-8-5-11(18-9(8)2)7-15-13(16)12-4-3-10(6-14)17-12/h5,10,12H,3-4,6-7,14H2,1-2H3,(H,15,16). The second-order valence-electron chi connectivity index (χ2n) is 4.73. The molecule has 0 aliphatic carbocycles. The summed E-state index contributed by atoms with van der Waals surface area (Å²) in [4.78, 5) is 14.4. The Labute approximate surface area is 112 Å². The molecule has 0 spiro atoms. The van der Waals surface area contributed by atoms with Crippen molar-refractivity contribution in [2.45, 2.75) is 45.4 Å². The topological polar surface area (TPSA) is 64.4 Å². The van der Waals surface area contributed by atoms with Crippen LogP contribution in [0.2, 0.25) is 0 Å². The van der Waals surface area contributed by atoms with Gasteiger partial charge in [0, 0.05) is 16.3 Å². The number of rotatable bonds is 4. The van der Waals surface area contributed by atoms with Gasteiger partial charge in [0.05, 0.1) is 12.6 Å². The van der Waals surface area contributed by atoms with Crippen LogP contribution in [0.3, 0.4) is 0 Å². The first-order valence-corrected chi connectivity index (χ1v) is 7.11. The van der Waals surface area contributed by atoms with Gasteiger partial charge in [0.25, 0.3) is 0 Å². The molecule has 3 N–H and O–H groups in total. The number of carbonyl (C=O) groups is 1. The smallest absolute Gasteiger partial charge is 0.249 e. The van der Waals surface area contributed by atoms with E-state index in [-0.39, 0.29) is 18.1 Å². The Bertz CT molecular complexity index is 411. The van der Waals surface area contributed by atoms with Gasteiger partial charge in [-0.15, -0.1) is 11.3 Å². The van der Waals surface area contributed by atoms with Crippen LogP contribution in [0.5, 0.6) is 0 Å². The van der Waals surface area contributed by atoms with Crippen LogP contribution in [0.15, 0.2) is 6.07 Å². The van der Waals surface area contributed by atoms with Gasteiger partial charge in [-0.1, -0.05) is 0 Å². The van der Waals surface area contributed by atoms with Crippen LogP contribution in [0.4, 0.5) is 0 Å². The van der Waals surface area contributed by atoms with Crippen LogP contribution < -0.4 is 11.1 Å². The predicted octanol–water partition coefficient (Wildman–Crippen LogP) is 1.49. The van der Waals surface area contributed by atoms with Gasteiger partial charge < -0.3 is 15.8 Å². The predicted molar refractivity (Wildman–Crippen MR) is 72.6 cm³/mol. The van der Waals surface area contributed by atoms with Crippen LogP contribution in [-0.4, -0.2) is 24.7 Å². The number of nitrogens with one attached hydrogen (secondary N) is 1. The summed E-state index contributed by atoms with van der Waals surface area (Å²) < 4.78 is 5.56. The van der Waals surface area contributed by atoms with Gasteiger partial charge in [0.15, 0.2) is 0 Å². The van der Waals surface area contributed by atoms with E-state index < -0.39 is 0 Å². The van der Waals surface area contributed by atoms with Gasteiger partial charge in [-0.2, -0.15) is 0 Å². The number of nitrogens with two attached hydrogens (primary N) is 1. The molecule has 0 bridgehead atoms. The van der Waals surface area contributed by atoms with Crippen molar-refractivity contribution < 1.29 is 9.53 Å². The van der Waals surface area contributed by atoms with Crippen molar-refractivity contribution in [3.8, 4) is 0 Å². The van der Waals surface area contributed by atoms with E-state index in [1.165, 1.54) is 15.3 Å². The summed E-state index contributed by atoms with van der Waals surface area (Å²) in [6.07, 6.45) is 1.38. The lowest BCUT2D eigenvalue weighted by atomic mass is 10.2. The van der Waals surface area contributed by atoms with Gasteiger partial charge in [-0.25, -0.2) is 0 Å². The van der Waals surface area contributed by atoms with E-state index in [2.05, 4.69) is 25.2 Å². The maximum atomic E-state index is 11.9. The Kier molecular flexibility index (Phi) is 4.37. The third kappa shape index (κ3) is 3.10. The fourth-order valence-corrected chi connectivity index (χ4v) is 3.09. The molecular weight excluding hydrogens is 248 g/mol. The average molecular weight is 268 g/mol. The van der Waals surface area contributed by atoms with E-state index in [4.69, 9.17) is 10.5 Å². The Balaban J connectivity index is 1.82. The number of thiophene rings is 1. The van der Waals surface area contributed by atoms with E-state index in [1.54, 1.807) is 11.3 Å². The second kappa shape index (κ2) is 5.82. The zero-order valence-electron chi connectivity index (χ0n) is 10.9. The summed E-state index contributed by atoms with van der Waals surface area (Å²) in [7, 11) is 0. The highest BCUT2D eigenvalue weighted by Crippen LogP contribution is 2.21. The molecule has 18 heavy (non-hydrogen) atoms. The quantitative estimate of drug-likeness (QED) is 0.869. The number of hydrogen-bond donors (Lipinski definition) is 2. The van der Waals surface area contributed by atoms with E-state index in [0.29, 0.717) is 13.1 Å². The monoisotopic (exact) mass is 268 g/mol. The van der Waals surface area contributed by atoms with Gasteiger partial charge in [-0.05, 0) is 38.3 Å². The molecule has 2 atom stereocenters. The minimum absolute atomic E-state index is 0.0188. The molecule has 2 heterocycles. The van der Waals surface area contributed by atoms with Crippen molar-refractivity contribution in [2.24, 2.45) is 5.73 Å². The van der Waals surface area contributed by atoms with E-state index in [1.807, 2.05) is 0 Å². The molecule has 1 aromatic heterocycles. The molecule has 1 fully saturated rings.